The predicted molar refractivity (Wildman–Crippen MR) is 119 cm³/mol. The van der Waals surface area contributed by atoms with Crippen LogP contribution in [0, 0.1) is 11.3 Å². The molecule has 0 aliphatic rings. The van der Waals surface area contributed by atoms with Crippen molar-refractivity contribution in [2.24, 2.45) is 0 Å². The van der Waals surface area contributed by atoms with Crippen LogP contribution in [0.3, 0.4) is 0 Å². The minimum atomic E-state index is -0.471. The topological polar surface area (TPSA) is 155 Å². The fraction of sp³-hybridized carbons (Fsp3) is 0.136. The van der Waals surface area contributed by atoms with Crippen LogP contribution >= 0.6 is 0 Å². The molecule has 10 heteroatoms. The van der Waals surface area contributed by atoms with Crippen LogP contribution in [0.5, 0.6) is 0 Å². The molecule has 1 atom stereocenters. The van der Waals surface area contributed by atoms with Gasteiger partial charge in [0.25, 0.3) is 5.91 Å². The van der Waals surface area contributed by atoms with Crippen LogP contribution in [0.4, 0.5) is 11.6 Å². The summed E-state index contributed by atoms with van der Waals surface area (Å²) < 4.78 is 0. The second-order valence-corrected chi connectivity index (χ2v) is 6.87. The van der Waals surface area contributed by atoms with E-state index in [9.17, 15) is 10.1 Å². The van der Waals surface area contributed by atoms with Gasteiger partial charge in [-0.15, -0.1) is 0 Å². The Morgan fingerprint density at radius 1 is 1.12 bits per heavy atom. The quantitative estimate of drug-likeness (QED) is 0.437. The van der Waals surface area contributed by atoms with E-state index in [1.165, 1.54) is 6.33 Å². The standard InChI is InChI=1S/C22H19N9O/c1-12(30-21-13(10-23)20(24)28-11-29-21)18-16(14-6-3-4-8-26-14)17(22(32)25-2)19-15(31-18)7-5-9-27-19/h3-9,11-12H,1-2H3,(H,25,32)(H3,24,28,29,30)/t12-/m1/s1. The van der Waals surface area contributed by atoms with E-state index < -0.39 is 6.04 Å². The van der Waals surface area contributed by atoms with Gasteiger partial charge in [-0.3, -0.25) is 14.8 Å². The normalized spacial score (nSPS) is 11.5. The van der Waals surface area contributed by atoms with Gasteiger partial charge in [0.2, 0.25) is 0 Å². The summed E-state index contributed by atoms with van der Waals surface area (Å²) in [5, 5.41) is 15.3. The molecule has 0 saturated carbocycles. The number of nitrogen functional groups attached to an aromatic ring is 1. The second-order valence-electron chi connectivity index (χ2n) is 6.87. The number of nitriles is 1. The molecule has 4 aromatic heterocycles. The largest absolute Gasteiger partial charge is 0.382 e. The van der Waals surface area contributed by atoms with Crippen molar-refractivity contribution in [2.45, 2.75) is 13.0 Å². The van der Waals surface area contributed by atoms with Gasteiger partial charge in [-0.1, -0.05) is 6.07 Å². The van der Waals surface area contributed by atoms with E-state index in [1.54, 1.807) is 43.7 Å². The Labute approximate surface area is 183 Å². The number of hydrogen-bond acceptors (Lipinski definition) is 9. The highest BCUT2D eigenvalue weighted by molar-refractivity contribution is 6.10. The molecule has 0 aliphatic heterocycles. The van der Waals surface area contributed by atoms with Gasteiger partial charge in [0.05, 0.1) is 28.5 Å². The van der Waals surface area contributed by atoms with Crippen molar-refractivity contribution in [1.82, 2.24) is 30.2 Å². The molecule has 4 heterocycles. The minimum Gasteiger partial charge on any atom is -0.382 e. The zero-order chi connectivity index (χ0) is 22.7. The average molecular weight is 425 g/mol. The third kappa shape index (κ3) is 3.63. The fourth-order valence-electron chi connectivity index (χ4n) is 3.43. The summed E-state index contributed by atoms with van der Waals surface area (Å²) in [4.78, 5) is 34.7. The molecule has 0 bridgehead atoms. The Bertz CT molecular complexity index is 1350. The van der Waals surface area contributed by atoms with Gasteiger partial charge in [0.1, 0.15) is 35.1 Å². The summed E-state index contributed by atoms with van der Waals surface area (Å²) in [6.45, 7) is 1.85. The number of carbonyl (C=O) groups excluding carboxylic acids is 1. The van der Waals surface area contributed by atoms with Crippen molar-refractivity contribution in [1.29, 1.82) is 5.26 Å². The highest BCUT2D eigenvalue weighted by Crippen LogP contribution is 2.34. The number of rotatable bonds is 5. The van der Waals surface area contributed by atoms with Gasteiger partial charge in [0, 0.05) is 25.0 Å². The summed E-state index contributed by atoms with van der Waals surface area (Å²) in [7, 11) is 1.56. The molecule has 4 N–H and O–H groups in total. The molecular formula is C22H19N9O. The maximum Gasteiger partial charge on any atom is 0.254 e. The Balaban J connectivity index is 1.97. The van der Waals surface area contributed by atoms with Gasteiger partial charge in [-0.25, -0.2) is 15.0 Å². The molecule has 0 aliphatic carbocycles. The molecule has 10 nitrogen and oxygen atoms in total. The summed E-state index contributed by atoms with van der Waals surface area (Å²) in [5.41, 5.74) is 8.99. The molecule has 4 aromatic rings. The van der Waals surface area contributed by atoms with Gasteiger partial charge >= 0.3 is 0 Å². The van der Waals surface area contributed by atoms with Crippen LogP contribution in [-0.2, 0) is 0 Å². The minimum absolute atomic E-state index is 0.0730. The number of hydrogen-bond donors (Lipinski definition) is 3. The Morgan fingerprint density at radius 2 is 1.94 bits per heavy atom. The van der Waals surface area contributed by atoms with Crippen molar-refractivity contribution < 1.29 is 4.79 Å². The molecule has 0 saturated heterocycles. The van der Waals surface area contributed by atoms with Crippen LogP contribution in [0.2, 0.25) is 0 Å². The molecule has 4 rings (SSSR count). The first kappa shape index (κ1) is 20.6. The molecule has 0 spiro atoms. The first-order valence-electron chi connectivity index (χ1n) is 9.74. The number of nitrogens with two attached hydrogens (primary N) is 1. The molecule has 0 radical (unpaired) electrons. The maximum absolute atomic E-state index is 13.0. The summed E-state index contributed by atoms with van der Waals surface area (Å²) in [6.07, 6.45) is 4.54. The van der Waals surface area contributed by atoms with E-state index in [0.29, 0.717) is 33.5 Å². The fourth-order valence-corrected chi connectivity index (χ4v) is 3.43. The van der Waals surface area contributed by atoms with E-state index in [4.69, 9.17) is 10.7 Å². The van der Waals surface area contributed by atoms with Crippen molar-refractivity contribution in [3.63, 3.8) is 0 Å². The number of aromatic nitrogens is 5. The summed E-state index contributed by atoms with van der Waals surface area (Å²) >= 11 is 0. The molecular weight excluding hydrogens is 406 g/mol. The van der Waals surface area contributed by atoms with Crippen LogP contribution in [0.25, 0.3) is 22.3 Å². The number of nitrogens with one attached hydrogen (secondary N) is 2. The first-order valence-corrected chi connectivity index (χ1v) is 9.74. The van der Waals surface area contributed by atoms with Crippen molar-refractivity contribution in [2.75, 3.05) is 18.1 Å². The van der Waals surface area contributed by atoms with Crippen LogP contribution < -0.4 is 16.4 Å². The molecule has 0 unspecified atom stereocenters. The molecule has 32 heavy (non-hydrogen) atoms. The zero-order valence-corrected chi connectivity index (χ0v) is 17.4. The van der Waals surface area contributed by atoms with Crippen molar-refractivity contribution in [3.05, 3.63) is 65.9 Å². The number of amides is 1. The lowest BCUT2D eigenvalue weighted by Gasteiger charge is -2.21. The van der Waals surface area contributed by atoms with Crippen LogP contribution in [0.15, 0.2) is 49.1 Å². The maximum atomic E-state index is 13.0. The van der Waals surface area contributed by atoms with Crippen LogP contribution in [0.1, 0.15) is 34.6 Å². The van der Waals surface area contributed by atoms with Gasteiger partial charge in [-0.2, -0.15) is 5.26 Å². The number of nitrogens with zero attached hydrogens (tertiary/aromatic N) is 6. The van der Waals surface area contributed by atoms with E-state index >= 15 is 0 Å². The van der Waals surface area contributed by atoms with Crippen molar-refractivity contribution in [3.8, 4) is 17.3 Å². The highest BCUT2D eigenvalue weighted by atomic mass is 16.1. The third-order valence-corrected chi connectivity index (χ3v) is 4.90. The van der Waals surface area contributed by atoms with E-state index in [0.717, 1.165) is 0 Å². The monoisotopic (exact) mass is 425 g/mol. The number of fused-ring (bicyclic) bond motifs is 1. The number of pyridine rings is 3. The lowest BCUT2D eigenvalue weighted by molar-refractivity contribution is 0.0965. The van der Waals surface area contributed by atoms with Gasteiger partial charge in [0.15, 0.2) is 0 Å². The van der Waals surface area contributed by atoms with E-state index in [2.05, 4.69) is 30.6 Å². The molecule has 0 fully saturated rings. The van der Waals surface area contributed by atoms with Gasteiger partial charge in [-0.05, 0) is 31.2 Å². The van der Waals surface area contributed by atoms with E-state index in [-0.39, 0.29) is 23.1 Å². The predicted octanol–water partition coefficient (Wildman–Crippen LogP) is 2.47. The summed E-state index contributed by atoms with van der Waals surface area (Å²) in [5.74, 6) is 0.0344. The molecule has 0 aromatic carbocycles. The zero-order valence-electron chi connectivity index (χ0n) is 17.4. The third-order valence-electron chi connectivity index (χ3n) is 4.90. The Morgan fingerprint density at radius 3 is 2.66 bits per heavy atom. The Kier molecular flexibility index (Phi) is 5.55. The van der Waals surface area contributed by atoms with Crippen molar-refractivity contribution >= 4 is 28.6 Å². The lowest BCUT2D eigenvalue weighted by atomic mass is 9.96. The van der Waals surface area contributed by atoms with Crippen LogP contribution in [-0.4, -0.2) is 37.9 Å². The second kappa shape index (κ2) is 8.61. The lowest BCUT2D eigenvalue weighted by Crippen LogP contribution is -2.22. The number of carbonyl (C=O) groups is 1. The smallest absolute Gasteiger partial charge is 0.254 e. The van der Waals surface area contributed by atoms with E-state index in [1.807, 2.05) is 19.1 Å². The Hall–Kier alpha value is -4.65. The highest BCUT2D eigenvalue weighted by Gasteiger charge is 2.26. The first-order chi connectivity index (χ1) is 15.5. The molecule has 1 amide bonds. The average Bonchev–Trinajstić information content (AvgIpc) is 2.83. The summed E-state index contributed by atoms with van der Waals surface area (Å²) in [6, 6.07) is 10.5. The molecule has 158 valence electrons. The van der Waals surface area contributed by atoms with Gasteiger partial charge < -0.3 is 16.4 Å². The SMILES string of the molecule is CNC(=O)c1c(-c2ccccn2)c([C@@H](C)Nc2ncnc(N)c2C#N)nc2cccnc12. The number of anilines is 2.